The molecule has 3 heterocycles. The summed E-state index contributed by atoms with van der Waals surface area (Å²) in [5.74, 6) is 0.148. The van der Waals surface area contributed by atoms with Crippen molar-refractivity contribution in [1.29, 1.82) is 0 Å². The van der Waals surface area contributed by atoms with Crippen molar-refractivity contribution >= 4 is 21.5 Å². The first-order valence-electron chi connectivity index (χ1n) is 8.78. The molecule has 1 saturated heterocycles. The molecule has 1 fully saturated rings. The molecule has 0 radical (unpaired) electrons. The summed E-state index contributed by atoms with van der Waals surface area (Å²) in [6.07, 6.45) is -2.48. The largest absolute Gasteiger partial charge is 0.416 e. The van der Waals surface area contributed by atoms with E-state index >= 15 is 0 Å². The van der Waals surface area contributed by atoms with E-state index in [1.807, 2.05) is 4.90 Å². The zero-order chi connectivity index (χ0) is 20.6. The molecule has 1 unspecified atom stereocenters. The minimum Gasteiger partial charge on any atom is -0.354 e. The predicted octanol–water partition coefficient (Wildman–Crippen LogP) is 1.84. The van der Waals surface area contributed by atoms with Crippen LogP contribution in [0, 0.1) is 0 Å². The van der Waals surface area contributed by atoms with Gasteiger partial charge in [0.25, 0.3) is 0 Å². The maximum atomic E-state index is 12.8. The molecule has 29 heavy (non-hydrogen) atoms. The van der Waals surface area contributed by atoms with E-state index in [2.05, 4.69) is 20.0 Å². The Balaban J connectivity index is 1.41. The zero-order valence-corrected chi connectivity index (χ0v) is 15.9. The first-order valence-corrected chi connectivity index (χ1v) is 10.4. The predicted molar refractivity (Wildman–Crippen MR) is 98.6 cm³/mol. The lowest BCUT2D eigenvalue weighted by Gasteiger charge is -2.18. The van der Waals surface area contributed by atoms with Crippen molar-refractivity contribution in [3.63, 3.8) is 0 Å². The lowest BCUT2D eigenvalue weighted by atomic mass is 10.1. The van der Waals surface area contributed by atoms with Gasteiger partial charge in [-0.1, -0.05) is 18.2 Å². The number of anilines is 1. The second-order valence-corrected chi connectivity index (χ2v) is 8.59. The van der Waals surface area contributed by atoms with Crippen LogP contribution >= 0.6 is 0 Å². The van der Waals surface area contributed by atoms with Gasteiger partial charge in [-0.15, -0.1) is 15.3 Å². The highest BCUT2D eigenvalue weighted by Gasteiger charge is 2.31. The van der Waals surface area contributed by atoms with Crippen molar-refractivity contribution in [3.05, 3.63) is 53.9 Å². The Morgan fingerprint density at radius 1 is 1.21 bits per heavy atom. The van der Waals surface area contributed by atoms with E-state index < -0.39 is 27.5 Å². The van der Waals surface area contributed by atoms with Crippen molar-refractivity contribution in [2.75, 3.05) is 18.0 Å². The van der Waals surface area contributed by atoms with Crippen LogP contribution in [0.4, 0.5) is 19.0 Å². The van der Waals surface area contributed by atoms with E-state index in [-0.39, 0.29) is 11.6 Å². The van der Waals surface area contributed by atoms with E-state index in [0.717, 1.165) is 12.1 Å². The minimum absolute atomic E-state index is 0.0851. The van der Waals surface area contributed by atoms with Gasteiger partial charge in [-0.3, -0.25) is 0 Å². The van der Waals surface area contributed by atoms with Gasteiger partial charge in [-0.25, -0.2) is 13.1 Å². The first-order chi connectivity index (χ1) is 13.7. The highest BCUT2D eigenvalue weighted by atomic mass is 32.2. The van der Waals surface area contributed by atoms with Gasteiger partial charge in [-0.05, 0) is 30.2 Å². The topological polar surface area (TPSA) is 92.5 Å². The summed E-state index contributed by atoms with van der Waals surface area (Å²) in [7, 11) is -3.80. The molecule has 0 spiro atoms. The van der Waals surface area contributed by atoms with Gasteiger partial charge < -0.3 is 4.90 Å². The number of benzene rings is 1. The smallest absolute Gasteiger partial charge is 0.354 e. The van der Waals surface area contributed by atoms with Crippen LogP contribution in [0.1, 0.15) is 17.5 Å². The van der Waals surface area contributed by atoms with E-state index in [1.54, 1.807) is 12.1 Å². The summed E-state index contributed by atoms with van der Waals surface area (Å²) in [4.78, 5) is 1.93. The van der Waals surface area contributed by atoms with Gasteiger partial charge in [0.1, 0.15) is 12.1 Å². The fourth-order valence-electron chi connectivity index (χ4n) is 3.30. The van der Waals surface area contributed by atoms with E-state index in [1.165, 1.54) is 23.0 Å². The van der Waals surface area contributed by atoms with E-state index in [0.29, 0.717) is 31.0 Å². The van der Waals surface area contributed by atoms with Gasteiger partial charge >= 0.3 is 6.18 Å². The number of hydrogen-bond acceptors (Lipinski definition) is 6. The molecular weight excluding hydrogens is 409 g/mol. The van der Waals surface area contributed by atoms with Crippen molar-refractivity contribution in [3.8, 4) is 0 Å². The van der Waals surface area contributed by atoms with Gasteiger partial charge in [-0.2, -0.15) is 17.7 Å². The summed E-state index contributed by atoms with van der Waals surface area (Å²) < 4.78 is 67.5. The summed E-state index contributed by atoms with van der Waals surface area (Å²) in [5.41, 5.74) is -0.180. The quantitative estimate of drug-likeness (QED) is 0.669. The summed E-state index contributed by atoms with van der Waals surface area (Å²) >= 11 is 0. The molecule has 1 N–H and O–H groups in total. The lowest BCUT2D eigenvalue weighted by Crippen LogP contribution is -2.38. The molecule has 0 bridgehead atoms. The number of rotatable bonds is 5. The van der Waals surface area contributed by atoms with Crippen LogP contribution < -0.4 is 9.62 Å². The molecule has 4 rings (SSSR count). The van der Waals surface area contributed by atoms with Gasteiger partial charge in [0.05, 0.1) is 11.3 Å². The molecule has 12 heteroatoms. The average Bonchev–Trinajstić information content (AvgIpc) is 3.28. The Labute approximate surface area is 164 Å². The van der Waals surface area contributed by atoms with Crippen LogP contribution in [0.25, 0.3) is 5.65 Å². The molecule has 1 atom stereocenters. The lowest BCUT2D eigenvalue weighted by molar-refractivity contribution is -0.137. The highest BCUT2D eigenvalue weighted by molar-refractivity contribution is 7.88. The molecule has 0 amide bonds. The van der Waals surface area contributed by atoms with Crippen molar-refractivity contribution in [2.24, 2.45) is 0 Å². The number of alkyl halides is 3. The normalized spacial score (nSPS) is 17.9. The zero-order valence-electron chi connectivity index (χ0n) is 15.0. The Kier molecular flexibility index (Phi) is 4.90. The monoisotopic (exact) mass is 426 g/mol. The third-order valence-electron chi connectivity index (χ3n) is 4.62. The van der Waals surface area contributed by atoms with Crippen LogP contribution in [-0.4, -0.2) is 47.4 Å². The van der Waals surface area contributed by atoms with Crippen LogP contribution in [0.15, 0.2) is 42.7 Å². The summed E-state index contributed by atoms with van der Waals surface area (Å²) in [6.45, 7) is 1.000. The molecule has 3 aromatic rings. The van der Waals surface area contributed by atoms with Crippen molar-refractivity contribution in [2.45, 2.75) is 24.4 Å². The maximum Gasteiger partial charge on any atom is 0.416 e. The van der Waals surface area contributed by atoms with Crippen LogP contribution in [0.2, 0.25) is 0 Å². The number of nitrogens with zero attached hydrogens (tertiary/aromatic N) is 5. The third-order valence-corrected chi connectivity index (χ3v) is 6.02. The number of sulfonamides is 1. The standard InChI is InChI=1S/C17H17F3N6O2S/c18-17(19,20)13-3-1-2-12(8-13)10-29(27,28)24-14-6-7-25(9-14)16-5-4-15-22-21-11-26(15)23-16/h1-5,8,11,14,24H,6-7,9-10H2. The molecule has 0 aliphatic carbocycles. The SMILES string of the molecule is O=S(=O)(Cc1cccc(C(F)(F)F)c1)NC1CCN(c2ccc3nncn3n2)C1. The van der Waals surface area contributed by atoms with E-state index in [4.69, 9.17) is 0 Å². The second kappa shape index (κ2) is 7.26. The third kappa shape index (κ3) is 4.48. The Morgan fingerprint density at radius 3 is 2.83 bits per heavy atom. The van der Waals surface area contributed by atoms with Crippen LogP contribution in [0.5, 0.6) is 0 Å². The Morgan fingerprint density at radius 2 is 2.03 bits per heavy atom. The number of nitrogens with one attached hydrogen (secondary N) is 1. The second-order valence-electron chi connectivity index (χ2n) is 6.83. The van der Waals surface area contributed by atoms with Crippen LogP contribution in [0.3, 0.4) is 0 Å². The molecule has 2 aromatic heterocycles. The van der Waals surface area contributed by atoms with E-state index in [9.17, 15) is 21.6 Å². The minimum atomic E-state index is -4.52. The summed E-state index contributed by atoms with van der Waals surface area (Å²) in [5, 5.41) is 12.0. The number of halogens is 3. The molecule has 1 aromatic carbocycles. The molecule has 1 aliphatic heterocycles. The first kappa shape index (κ1) is 19.6. The maximum absolute atomic E-state index is 12.8. The fourth-order valence-corrected chi connectivity index (χ4v) is 4.71. The molecule has 1 aliphatic rings. The number of hydrogen-bond donors (Lipinski definition) is 1. The average molecular weight is 426 g/mol. The number of fused-ring (bicyclic) bond motifs is 1. The highest BCUT2D eigenvalue weighted by Crippen LogP contribution is 2.30. The van der Waals surface area contributed by atoms with Crippen molar-refractivity contribution < 1.29 is 21.6 Å². The molecule has 0 saturated carbocycles. The van der Waals surface area contributed by atoms with Gasteiger partial charge in [0.2, 0.25) is 10.0 Å². The van der Waals surface area contributed by atoms with Crippen LogP contribution in [-0.2, 0) is 22.0 Å². The van der Waals surface area contributed by atoms with Gasteiger partial charge in [0.15, 0.2) is 5.65 Å². The number of aromatic nitrogens is 4. The Hall–Kier alpha value is -2.73. The van der Waals surface area contributed by atoms with Gasteiger partial charge in [0, 0.05) is 19.1 Å². The molecule has 8 nitrogen and oxygen atoms in total. The fraction of sp³-hybridized carbons (Fsp3) is 0.353. The summed E-state index contributed by atoms with van der Waals surface area (Å²) in [6, 6.07) is 7.54. The Bertz CT molecular complexity index is 1130. The van der Waals surface area contributed by atoms with Crippen molar-refractivity contribution in [1.82, 2.24) is 24.5 Å². The molecule has 154 valence electrons. The molecular formula is C17H17F3N6O2S.